The van der Waals surface area contributed by atoms with E-state index in [9.17, 15) is 4.39 Å². The van der Waals surface area contributed by atoms with Crippen LogP contribution < -0.4 is 5.32 Å². The van der Waals surface area contributed by atoms with Gasteiger partial charge < -0.3 is 9.73 Å². The van der Waals surface area contributed by atoms with Gasteiger partial charge in [0.15, 0.2) is 0 Å². The van der Waals surface area contributed by atoms with Crippen LogP contribution in [0.15, 0.2) is 47.3 Å². The Bertz CT molecular complexity index is 516. The van der Waals surface area contributed by atoms with Gasteiger partial charge in [0, 0.05) is 36.9 Å². The first-order valence-corrected chi connectivity index (χ1v) is 7.05. The Morgan fingerprint density at radius 3 is 2.55 bits per heavy atom. The maximum Gasteiger partial charge on any atom is 0.123 e. The van der Waals surface area contributed by atoms with Crippen molar-refractivity contribution < 1.29 is 8.81 Å². The number of piperidine rings is 1. The fourth-order valence-corrected chi connectivity index (χ4v) is 2.66. The lowest BCUT2D eigenvalue weighted by Crippen LogP contribution is -2.38. The summed E-state index contributed by atoms with van der Waals surface area (Å²) in [4.78, 5) is 2.44. The van der Waals surface area contributed by atoms with E-state index >= 15 is 0 Å². The zero-order chi connectivity index (χ0) is 13.8. The molecule has 1 fully saturated rings. The van der Waals surface area contributed by atoms with Gasteiger partial charge in [-0.3, -0.25) is 4.90 Å². The smallest absolute Gasteiger partial charge is 0.123 e. The first kappa shape index (κ1) is 13.2. The van der Waals surface area contributed by atoms with Gasteiger partial charge in [-0.1, -0.05) is 0 Å². The Morgan fingerprint density at radius 2 is 1.90 bits per heavy atom. The van der Waals surface area contributed by atoms with Crippen LogP contribution in [0.1, 0.15) is 18.4 Å². The monoisotopic (exact) mass is 274 g/mol. The number of hydrogen-bond donors (Lipinski definition) is 1. The van der Waals surface area contributed by atoms with Gasteiger partial charge in [0.2, 0.25) is 0 Å². The van der Waals surface area contributed by atoms with Gasteiger partial charge in [0.1, 0.15) is 5.82 Å². The number of rotatable bonds is 4. The van der Waals surface area contributed by atoms with Gasteiger partial charge in [-0.25, -0.2) is 4.39 Å². The lowest BCUT2D eigenvalue weighted by molar-refractivity contribution is 0.211. The molecule has 1 aromatic heterocycles. The Balaban J connectivity index is 1.47. The standard InChI is InChI=1S/C16H19FN2O/c17-14-1-3-15(4-2-14)18-16-5-8-19(9-6-16)11-13-7-10-20-12-13/h1-4,7,10,12,16,18H,5-6,8-9,11H2. The number of anilines is 1. The van der Waals surface area contributed by atoms with Crippen LogP contribution in [0.2, 0.25) is 0 Å². The summed E-state index contributed by atoms with van der Waals surface area (Å²) >= 11 is 0. The molecule has 1 saturated heterocycles. The summed E-state index contributed by atoms with van der Waals surface area (Å²) in [6, 6.07) is 9.08. The highest BCUT2D eigenvalue weighted by atomic mass is 19.1. The predicted octanol–water partition coefficient (Wildman–Crippen LogP) is 3.50. The molecule has 2 aromatic rings. The number of nitrogens with zero attached hydrogens (tertiary/aromatic N) is 1. The third kappa shape index (κ3) is 3.39. The van der Waals surface area contributed by atoms with Crippen LogP contribution in [0.3, 0.4) is 0 Å². The van der Waals surface area contributed by atoms with E-state index in [1.54, 1.807) is 18.4 Å². The van der Waals surface area contributed by atoms with Crippen LogP contribution in [0.4, 0.5) is 10.1 Å². The fraction of sp³-hybridized carbons (Fsp3) is 0.375. The van der Waals surface area contributed by atoms with Gasteiger partial charge in [0.25, 0.3) is 0 Å². The Morgan fingerprint density at radius 1 is 1.15 bits per heavy atom. The molecule has 0 spiro atoms. The minimum atomic E-state index is -0.189. The van der Waals surface area contributed by atoms with Crippen LogP contribution in [0, 0.1) is 5.82 Å². The third-order valence-corrected chi connectivity index (χ3v) is 3.79. The lowest BCUT2D eigenvalue weighted by Gasteiger charge is -2.32. The largest absolute Gasteiger partial charge is 0.472 e. The first-order valence-electron chi connectivity index (χ1n) is 7.05. The van der Waals surface area contributed by atoms with Gasteiger partial charge >= 0.3 is 0 Å². The maximum atomic E-state index is 12.9. The van der Waals surface area contributed by atoms with E-state index in [0.717, 1.165) is 38.2 Å². The molecule has 3 rings (SSSR count). The van der Waals surface area contributed by atoms with E-state index in [4.69, 9.17) is 4.42 Å². The zero-order valence-corrected chi connectivity index (χ0v) is 11.4. The van der Waals surface area contributed by atoms with Gasteiger partial charge in [-0.15, -0.1) is 0 Å². The molecule has 3 nitrogen and oxygen atoms in total. The summed E-state index contributed by atoms with van der Waals surface area (Å²) in [7, 11) is 0. The summed E-state index contributed by atoms with van der Waals surface area (Å²) in [5.41, 5.74) is 2.23. The lowest BCUT2D eigenvalue weighted by atomic mass is 10.0. The van der Waals surface area contributed by atoms with E-state index in [-0.39, 0.29) is 5.82 Å². The molecule has 4 heteroatoms. The number of likely N-dealkylation sites (tertiary alicyclic amines) is 1. The predicted molar refractivity (Wildman–Crippen MR) is 77.0 cm³/mol. The van der Waals surface area contributed by atoms with E-state index in [1.807, 2.05) is 12.3 Å². The number of nitrogens with one attached hydrogen (secondary N) is 1. The van der Waals surface area contributed by atoms with E-state index in [1.165, 1.54) is 17.7 Å². The molecule has 1 aliphatic rings. The molecule has 106 valence electrons. The van der Waals surface area contributed by atoms with Crippen molar-refractivity contribution in [2.75, 3.05) is 18.4 Å². The minimum Gasteiger partial charge on any atom is -0.472 e. The highest BCUT2D eigenvalue weighted by Gasteiger charge is 2.19. The Kier molecular flexibility index (Phi) is 4.02. The second-order valence-electron chi connectivity index (χ2n) is 5.33. The first-order chi connectivity index (χ1) is 9.79. The molecule has 0 unspecified atom stereocenters. The van der Waals surface area contributed by atoms with E-state index < -0.39 is 0 Å². The zero-order valence-electron chi connectivity index (χ0n) is 11.4. The topological polar surface area (TPSA) is 28.4 Å². The number of benzene rings is 1. The molecule has 0 saturated carbocycles. The molecule has 1 N–H and O–H groups in total. The molecule has 0 aliphatic carbocycles. The van der Waals surface area contributed by atoms with Crippen LogP contribution >= 0.6 is 0 Å². The summed E-state index contributed by atoms with van der Waals surface area (Å²) in [5.74, 6) is -0.189. The van der Waals surface area contributed by atoms with E-state index in [2.05, 4.69) is 10.2 Å². The number of halogens is 1. The summed E-state index contributed by atoms with van der Waals surface area (Å²) < 4.78 is 18.0. The van der Waals surface area contributed by atoms with Crippen molar-refractivity contribution >= 4 is 5.69 Å². The second-order valence-corrected chi connectivity index (χ2v) is 5.33. The number of furan rings is 1. The minimum absolute atomic E-state index is 0.189. The van der Waals surface area contributed by atoms with Crippen molar-refractivity contribution in [2.24, 2.45) is 0 Å². The summed E-state index contributed by atoms with van der Waals surface area (Å²) in [6.45, 7) is 3.11. The maximum absolute atomic E-state index is 12.9. The molecule has 0 amide bonds. The van der Waals surface area contributed by atoms with Crippen molar-refractivity contribution in [1.82, 2.24) is 4.90 Å². The highest BCUT2D eigenvalue weighted by Crippen LogP contribution is 2.18. The molecular weight excluding hydrogens is 255 g/mol. The molecule has 1 aliphatic heterocycles. The average molecular weight is 274 g/mol. The summed E-state index contributed by atoms with van der Waals surface area (Å²) in [6.07, 6.45) is 5.74. The second kappa shape index (κ2) is 6.09. The quantitative estimate of drug-likeness (QED) is 0.925. The van der Waals surface area contributed by atoms with Gasteiger partial charge in [-0.2, -0.15) is 0 Å². The normalized spacial score (nSPS) is 17.2. The fourth-order valence-electron chi connectivity index (χ4n) is 2.66. The average Bonchev–Trinajstić information content (AvgIpc) is 2.96. The Labute approximate surface area is 118 Å². The molecule has 0 radical (unpaired) electrons. The van der Waals surface area contributed by atoms with Crippen molar-refractivity contribution in [1.29, 1.82) is 0 Å². The van der Waals surface area contributed by atoms with Crippen molar-refractivity contribution in [3.63, 3.8) is 0 Å². The van der Waals surface area contributed by atoms with Gasteiger partial charge in [-0.05, 0) is 43.2 Å². The third-order valence-electron chi connectivity index (χ3n) is 3.79. The van der Waals surface area contributed by atoms with Crippen LogP contribution in [0.5, 0.6) is 0 Å². The molecular formula is C16H19FN2O. The SMILES string of the molecule is Fc1ccc(NC2CCN(Cc3ccoc3)CC2)cc1. The molecule has 0 bridgehead atoms. The molecule has 1 aromatic carbocycles. The number of hydrogen-bond acceptors (Lipinski definition) is 3. The molecule has 20 heavy (non-hydrogen) atoms. The summed E-state index contributed by atoms with van der Waals surface area (Å²) in [5, 5.41) is 3.48. The van der Waals surface area contributed by atoms with Crippen LogP contribution in [-0.4, -0.2) is 24.0 Å². The van der Waals surface area contributed by atoms with Crippen LogP contribution in [0.25, 0.3) is 0 Å². The van der Waals surface area contributed by atoms with Crippen LogP contribution in [-0.2, 0) is 6.54 Å². The molecule has 2 heterocycles. The van der Waals surface area contributed by atoms with Crippen molar-refractivity contribution in [3.05, 3.63) is 54.2 Å². The van der Waals surface area contributed by atoms with Crippen molar-refractivity contribution in [3.8, 4) is 0 Å². The van der Waals surface area contributed by atoms with E-state index in [0.29, 0.717) is 6.04 Å². The highest BCUT2D eigenvalue weighted by molar-refractivity contribution is 5.43. The molecule has 0 atom stereocenters. The van der Waals surface area contributed by atoms with Gasteiger partial charge in [0.05, 0.1) is 12.5 Å². The van der Waals surface area contributed by atoms with Crippen molar-refractivity contribution in [2.45, 2.75) is 25.4 Å². The Hall–Kier alpha value is -1.81.